The third kappa shape index (κ3) is 5.85. The Morgan fingerprint density at radius 1 is 1.12 bits per heavy atom. The Kier molecular flexibility index (Phi) is 7.43. The smallest absolute Gasteiger partial charge is 0.411 e. The van der Waals surface area contributed by atoms with Crippen LogP contribution in [0.3, 0.4) is 0 Å². The molecule has 1 saturated heterocycles. The van der Waals surface area contributed by atoms with Gasteiger partial charge < -0.3 is 4.74 Å². The highest BCUT2D eigenvalue weighted by molar-refractivity contribution is 7.86. The molecule has 0 N–H and O–H groups in total. The molecular formula is C28H28ClFN4O6S. The Balaban J connectivity index is 1.63. The van der Waals surface area contributed by atoms with Crippen LogP contribution in [0.4, 0.5) is 9.18 Å². The highest BCUT2D eigenvalue weighted by Gasteiger charge is 2.43. The summed E-state index contributed by atoms with van der Waals surface area (Å²) in [6, 6.07) is 12.0. The topological polar surface area (TPSA) is 112 Å². The Hall–Kier alpha value is -3.74. The third-order valence-electron chi connectivity index (χ3n) is 6.49. The number of carbonyl (C=O) groups is 1. The molecule has 3 heterocycles. The standard InChI is InChI=1S/C28H28ClFN4O6S/c1-17-8-10-21(11-9-17)41(37,38)40-20-15-23(32(16-20)27(36)39-28(2,3)4)25-31-33-13-12-22(29)24(33)26(35)34(25)19-7-5-6-18(30)14-19/h5-14,20,23H,15-16H2,1-4H3/t20-,23+/m1/s1. The lowest BCUT2D eigenvalue weighted by atomic mass is 10.1. The van der Waals surface area contributed by atoms with Crippen molar-refractivity contribution in [1.29, 1.82) is 0 Å². The number of hydrogen-bond donors (Lipinski definition) is 0. The molecule has 0 unspecified atom stereocenters. The fourth-order valence-corrected chi connectivity index (χ4v) is 6.00. The molecule has 0 radical (unpaired) electrons. The van der Waals surface area contributed by atoms with Crippen LogP contribution in [-0.2, 0) is 19.0 Å². The van der Waals surface area contributed by atoms with E-state index in [-0.39, 0.29) is 39.9 Å². The zero-order valence-electron chi connectivity index (χ0n) is 22.7. The van der Waals surface area contributed by atoms with Gasteiger partial charge in [-0.15, -0.1) is 0 Å². The first-order valence-electron chi connectivity index (χ1n) is 12.8. The Morgan fingerprint density at radius 3 is 2.49 bits per heavy atom. The summed E-state index contributed by atoms with van der Waals surface area (Å²) >= 11 is 6.28. The number of nitrogens with zero attached hydrogens (tertiary/aromatic N) is 4. The van der Waals surface area contributed by atoms with Gasteiger partial charge in [-0.1, -0.05) is 35.4 Å². The van der Waals surface area contributed by atoms with Gasteiger partial charge in [0.2, 0.25) is 0 Å². The molecule has 1 fully saturated rings. The third-order valence-corrected chi connectivity index (χ3v) is 8.17. The monoisotopic (exact) mass is 602 g/mol. The Labute approximate surface area is 241 Å². The summed E-state index contributed by atoms with van der Waals surface area (Å²) in [4.78, 5) is 28.4. The molecular weight excluding hydrogens is 575 g/mol. The molecule has 1 aliphatic rings. The van der Waals surface area contributed by atoms with E-state index in [1.807, 2.05) is 6.92 Å². The van der Waals surface area contributed by atoms with Crippen LogP contribution in [0.15, 0.2) is 70.5 Å². The summed E-state index contributed by atoms with van der Waals surface area (Å²) in [5, 5.41) is 4.73. The second-order valence-corrected chi connectivity index (χ2v) is 12.8. The molecule has 1 aliphatic heterocycles. The van der Waals surface area contributed by atoms with Gasteiger partial charge in [0.1, 0.15) is 16.9 Å². The number of ether oxygens (including phenoxy) is 1. The number of halogens is 2. The van der Waals surface area contributed by atoms with Crippen molar-refractivity contribution in [2.75, 3.05) is 6.54 Å². The number of carbonyl (C=O) groups excluding carboxylic acids is 1. The highest BCUT2D eigenvalue weighted by atomic mass is 35.5. The minimum atomic E-state index is -4.20. The second kappa shape index (κ2) is 10.6. The minimum Gasteiger partial charge on any atom is -0.444 e. The molecule has 2 aromatic heterocycles. The lowest BCUT2D eigenvalue weighted by Gasteiger charge is -2.29. The van der Waals surface area contributed by atoms with Gasteiger partial charge in [-0.3, -0.25) is 18.4 Å². The van der Waals surface area contributed by atoms with Crippen LogP contribution < -0.4 is 5.56 Å². The van der Waals surface area contributed by atoms with Crippen molar-refractivity contribution in [3.63, 3.8) is 0 Å². The predicted molar refractivity (Wildman–Crippen MR) is 149 cm³/mol. The van der Waals surface area contributed by atoms with E-state index in [2.05, 4.69) is 5.10 Å². The van der Waals surface area contributed by atoms with E-state index < -0.39 is 45.3 Å². The molecule has 13 heteroatoms. The van der Waals surface area contributed by atoms with Gasteiger partial charge in [-0.05, 0) is 64.1 Å². The summed E-state index contributed by atoms with van der Waals surface area (Å²) in [6.07, 6.45) is -0.319. The average molecular weight is 603 g/mol. The van der Waals surface area contributed by atoms with Crippen LogP contribution in [0.25, 0.3) is 11.2 Å². The van der Waals surface area contributed by atoms with Crippen LogP contribution in [-0.4, -0.2) is 51.8 Å². The van der Waals surface area contributed by atoms with Gasteiger partial charge in [0, 0.05) is 12.6 Å². The van der Waals surface area contributed by atoms with Crippen LogP contribution in [0, 0.1) is 12.7 Å². The maximum Gasteiger partial charge on any atom is 0.411 e. The second-order valence-electron chi connectivity index (χ2n) is 10.8. The molecule has 2 aromatic carbocycles. The molecule has 0 saturated carbocycles. The number of aromatic nitrogens is 3. The first-order valence-corrected chi connectivity index (χ1v) is 14.6. The maximum absolute atomic E-state index is 14.3. The van der Waals surface area contributed by atoms with Crippen molar-refractivity contribution in [1.82, 2.24) is 19.1 Å². The molecule has 0 bridgehead atoms. The summed E-state index contributed by atoms with van der Waals surface area (Å²) in [5.41, 5.74) is -0.393. The van der Waals surface area contributed by atoms with Crippen molar-refractivity contribution in [2.45, 2.75) is 56.8 Å². The zero-order chi connectivity index (χ0) is 29.7. The molecule has 4 aromatic rings. The SMILES string of the molecule is Cc1ccc(S(=O)(=O)O[C@@H]2C[C@@H](c3nn4ccc(Cl)c4c(=O)n3-c3cccc(F)c3)N(C(=O)OC(C)(C)C)C2)cc1. The van der Waals surface area contributed by atoms with Crippen LogP contribution in [0.5, 0.6) is 0 Å². The fourth-order valence-electron chi connectivity index (χ4n) is 4.70. The Morgan fingerprint density at radius 2 is 1.83 bits per heavy atom. The lowest BCUT2D eigenvalue weighted by Crippen LogP contribution is -2.39. The van der Waals surface area contributed by atoms with Crippen molar-refractivity contribution in [3.8, 4) is 5.69 Å². The van der Waals surface area contributed by atoms with Crippen molar-refractivity contribution in [3.05, 3.63) is 93.4 Å². The zero-order valence-corrected chi connectivity index (χ0v) is 24.3. The first-order chi connectivity index (χ1) is 19.2. The molecule has 10 nitrogen and oxygen atoms in total. The average Bonchev–Trinajstić information content (AvgIpc) is 3.46. The first kappa shape index (κ1) is 28.8. The van der Waals surface area contributed by atoms with Gasteiger partial charge in [0.05, 0.1) is 34.3 Å². The van der Waals surface area contributed by atoms with Crippen molar-refractivity contribution in [2.24, 2.45) is 0 Å². The minimum absolute atomic E-state index is 0.0337. The van der Waals surface area contributed by atoms with E-state index in [1.165, 1.54) is 56.6 Å². The summed E-state index contributed by atoms with van der Waals surface area (Å²) in [7, 11) is -4.20. The summed E-state index contributed by atoms with van der Waals surface area (Å²) in [6.45, 7) is 6.74. The summed E-state index contributed by atoms with van der Waals surface area (Å²) in [5.74, 6) is -0.549. The van der Waals surface area contributed by atoms with Crippen molar-refractivity contribution < 1.29 is 26.5 Å². The quantitative estimate of drug-likeness (QED) is 0.294. The van der Waals surface area contributed by atoms with Crippen LogP contribution in [0.2, 0.25) is 5.02 Å². The maximum atomic E-state index is 14.3. The van der Waals surface area contributed by atoms with Gasteiger partial charge in [-0.25, -0.2) is 13.7 Å². The van der Waals surface area contributed by atoms with E-state index >= 15 is 0 Å². The van der Waals surface area contributed by atoms with E-state index in [1.54, 1.807) is 32.9 Å². The molecule has 216 valence electrons. The number of aryl methyl sites for hydroxylation is 1. The molecule has 2 atom stereocenters. The predicted octanol–water partition coefficient (Wildman–Crippen LogP) is 5.04. The molecule has 1 amide bonds. The van der Waals surface area contributed by atoms with Gasteiger partial charge in [0.15, 0.2) is 5.82 Å². The highest BCUT2D eigenvalue weighted by Crippen LogP contribution is 2.36. The largest absolute Gasteiger partial charge is 0.444 e. The number of rotatable bonds is 5. The lowest BCUT2D eigenvalue weighted by molar-refractivity contribution is 0.0202. The number of amides is 1. The molecule has 0 aliphatic carbocycles. The van der Waals surface area contributed by atoms with E-state index in [4.69, 9.17) is 20.5 Å². The van der Waals surface area contributed by atoms with E-state index in [0.717, 1.165) is 11.6 Å². The summed E-state index contributed by atoms with van der Waals surface area (Å²) < 4.78 is 54.2. The van der Waals surface area contributed by atoms with Gasteiger partial charge in [-0.2, -0.15) is 13.5 Å². The number of likely N-dealkylation sites (tertiary alicyclic amines) is 1. The van der Waals surface area contributed by atoms with Gasteiger partial charge >= 0.3 is 6.09 Å². The number of fused-ring (bicyclic) bond motifs is 1. The fraction of sp³-hybridized carbons (Fsp3) is 0.321. The molecule has 0 spiro atoms. The normalized spacial score (nSPS) is 17.8. The number of hydrogen-bond acceptors (Lipinski definition) is 7. The van der Waals surface area contributed by atoms with E-state index in [0.29, 0.717) is 0 Å². The Bertz CT molecular complexity index is 1800. The molecule has 5 rings (SSSR count). The molecule has 41 heavy (non-hydrogen) atoms. The number of benzene rings is 2. The van der Waals surface area contributed by atoms with Crippen LogP contribution >= 0.6 is 11.6 Å². The van der Waals surface area contributed by atoms with Crippen molar-refractivity contribution >= 4 is 33.3 Å². The van der Waals surface area contributed by atoms with Crippen LogP contribution in [0.1, 0.15) is 44.6 Å². The van der Waals surface area contributed by atoms with E-state index in [9.17, 15) is 22.4 Å². The van der Waals surface area contributed by atoms with Gasteiger partial charge in [0.25, 0.3) is 15.7 Å².